The molecule has 0 bridgehead atoms. The van der Waals surface area contributed by atoms with Crippen molar-refractivity contribution in [2.45, 2.75) is 32.4 Å². The summed E-state index contributed by atoms with van der Waals surface area (Å²) in [4.78, 5) is 42.6. The number of benzene rings is 1. The number of likely N-dealkylation sites (N-methyl/N-ethyl adjacent to an activating group) is 1. The molecule has 26 heavy (non-hydrogen) atoms. The summed E-state index contributed by atoms with van der Waals surface area (Å²) < 4.78 is 5.35. The van der Waals surface area contributed by atoms with E-state index in [1.54, 1.807) is 36.2 Å². The molecule has 2 aliphatic rings. The van der Waals surface area contributed by atoms with Crippen molar-refractivity contribution in [1.82, 2.24) is 14.7 Å². The number of nitrogens with zero attached hydrogens (tertiary/aromatic N) is 3. The average molecular weight is 359 g/mol. The fraction of sp³-hybridized carbons (Fsp3) is 0.526. The van der Waals surface area contributed by atoms with Crippen molar-refractivity contribution in [3.05, 3.63) is 30.3 Å². The predicted molar refractivity (Wildman–Crippen MR) is 95.6 cm³/mol. The van der Waals surface area contributed by atoms with Crippen molar-refractivity contribution >= 4 is 17.9 Å². The molecule has 0 spiro atoms. The van der Waals surface area contributed by atoms with Crippen molar-refractivity contribution in [3.63, 3.8) is 0 Å². The molecule has 0 N–H and O–H groups in total. The van der Waals surface area contributed by atoms with Gasteiger partial charge < -0.3 is 19.4 Å². The molecule has 7 nitrogen and oxygen atoms in total. The molecule has 2 fully saturated rings. The van der Waals surface area contributed by atoms with Crippen LogP contribution in [0.15, 0.2) is 30.3 Å². The molecule has 0 aliphatic carbocycles. The lowest BCUT2D eigenvalue weighted by Crippen LogP contribution is -2.70. The summed E-state index contributed by atoms with van der Waals surface area (Å²) in [5.74, 6) is 0.632. The number of fused-ring (bicyclic) bond motifs is 1. The zero-order valence-corrected chi connectivity index (χ0v) is 15.4. The number of hydrogen-bond donors (Lipinski definition) is 0. The molecule has 3 amide bonds. The molecule has 0 unspecified atom stereocenters. The molecule has 7 heteroatoms. The van der Waals surface area contributed by atoms with Crippen LogP contribution in [0.4, 0.5) is 4.79 Å². The molecule has 2 saturated heterocycles. The molecule has 140 valence electrons. The van der Waals surface area contributed by atoms with Crippen LogP contribution >= 0.6 is 0 Å². The molecule has 3 rings (SSSR count). The highest BCUT2D eigenvalue weighted by Gasteiger charge is 2.47. The van der Waals surface area contributed by atoms with Crippen LogP contribution in [0.2, 0.25) is 0 Å². The summed E-state index contributed by atoms with van der Waals surface area (Å²) in [5.41, 5.74) is 0. The molecular formula is C19H25N3O4. The summed E-state index contributed by atoms with van der Waals surface area (Å²) in [6.45, 7) is 4.94. The van der Waals surface area contributed by atoms with Gasteiger partial charge in [-0.1, -0.05) is 32.0 Å². The van der Waals surface area contributed by atoms with Gasteiger partial charge in [-0.25, -0.2) is 4.79 Å². The molecule has 0 radical (unpaired) electrons. The van der Waals surface area contributed by atoms with Crippen LogP contribution in [0.3, 0.4) is 0 Å². The number of amides is 3. The minimum atomic E-state index is -0.631. The van der Waals surface area contributed by atoms with Crippen LogP contribution in [0, 0.1) is 5.92 Å². The van der Waals surface area contributed by atoms with Crippen LogP contribution in [-0.2, 0) is 9.59 Å². The monoisotopic (exact) mass is 359 g/mol. The summed E-state index contributed by atoms with van der Waals surface area (Å²) in [6, 6.07) is 7.77. The van der Waals surface area contributed by atoms with Gasteiger partial charge in [-0.05, 0) is 24.5 Å². The standard InChI is InChI=1S/C19H25N3O4/c1-13(2)11-15-18(24)22-10-9-21(12-16(22)17(23)20(15)3)19(25)26-14-7-5-4-6-8-14/h4-8,13,15-16H,9-12H2,1-3H3/t15-,16+/m0/s1. The number of carbonyl (C=O) groups excluding carboxylic acids is 3. The first-order valence-corrected chi connectivity index (χ1v) is 8.97. The number of para-hydroxylation sites is 1. The third-order valence-electron chi connectivity index (χ3n) is 4.95. The van der Waals surface area contributed by atoms with Crippen molar-refractivity contribution in [1.29, 1.82) is 0 Å². The Labute approximate surface area is 153 Å². The minimum Gasteiger partial charge on any atom is -0.410 e. The number of hydrogen-bond acceptors (Lipinski definition) is 4. The van der Waals surface area contributed by atoms with Gasteiger partial charge >= 0.3 is 6.09 Å². The Balaban J connectivity index is 1.69. The Kier molecular flexibility index (Phi) is 5.15. The van der Waals surface area contributed by atoms with E-state index in [0.29, 0.717) is 31.2 Å². The van der Waals surface area contributed by atoms with E-state index in [1.807, 2.05) is 19.9 Å². The smallest absolute Gasteiger partial charge is 0.410 e. The first-order valence-electron chi connectivity index (χ1n) is 8.97. The average Bonchev–Trinajstić information content (AvgIpc) is 2.63. The fourth-order valence-electron chi connectivity index (χ4n) is 3.53. The second-order valence-electron chi connectivity index (χ2n) is 7.27. The van der Waals surface area contributed by atoms with Crippen LogP contribution in [0.1, 0.15) is 20.3 Å². The molecule has 1 aromatic rings. The molecular weight excluding hydrogens is 334 g/mol. The third-order valence-corrected chi connectivity index (χ3v) is 4.95. The Morgan fingerprint density at radius 3 is 2.50 bits per heavy atom. The van der Waals surface area contributed by atoms with Gasteiger partial charge in [-0.15, -0.1) is 0 Å². The quantitative estimate of drug-likeness (QED) is 0.822. The van der Waals surface area contributed by atoms with Crippen molar-refractivity contribution in [2.75, 3.05) is 26.7 Å². The lowest BCUT2D eigenvalue weighted by atomic mass is 9.95. The second kappa shape index (κ2) is 7.35. The van der Waals surface area contributed by atoms with Crippen LogP contribution < -0.4 is 4.74 Å². The van der Waals surface area contributed by atoms with Gasteiger partial charge in [0.15, 0.2) is 0 Å². The van der Waals surface area contributed by atoms with Crippen LogP contribution in [-0.4, -0.2) is 71.4 Å². The summed E-state index contributed by atoms with van der Waals surface area (Å²) in [6.07, 6.45) is 0.146. The molecule has 2 heterocycles. The van der Waals surface area contributed by atoms with Gasteiger partial charge in [0.25, 0.3) is 0 Å². The number of carbonyl (C=O) groups is 3. The van der Waals surface area contributed by atoms with E-state index in [2.05, 4.69) is 0 Å². The van der Waals surface area contributed by atoms with E-state index in [4.69, 9.17) is 4.74 Å². The summed E-state index contributed by atoms with van der Waals surface area (Å²) in [5, 5.41) is 0. The van der Waals surface area contributed by atoms with E-state index < -0.39 is 18.2 Å². The maximum atomic E-state index is 12.8. The highest BCUT2D eigenvalue weighted by atomic mass is 16.6. The van der Waals surface area contributed by atoms with E-state index >= 15 is 0 Å². The Morgan fingerprint density at radius 1 is 1.15 bits per heavy atom. The van der Waals surface area contributed by atoms with Crippen molar-refractivity contribution in [2.24, 2.45) is 5.92 Å². The normalized spacial score (nSPS) is 23.3. The van der Waals surface area contributed by atoms with Crippen molar-refractivity contribution in [3.8, 4) is 5.75 Å². The van der Waals surface area contributed by atoms with E-state index in [9.17, 15) is 14.4 Å². The maximum Gasteiger partial charge on any atom is 0.415 e. The molecule has 0 saturated carbocycles. The van der Waals surface area contributed by atoms with Gasteiger partial charge in [-0.2, -0.15) is 0 Å². The van der Waals surface area contributed by atoms with Gasteiger partial charge in [0.2, 0.25) is 11.8 Å². The Hall–Kier alpha value is -2.57. The second-order valence-corrected chi connectivity index (χ2v) is 7.27. The Morgan fingerprint density at radius 2 is 1.85 bits per heavy atom. The SMILES string of the molecule is CC(C)C[C@H]1C(=O)N2CCN(C(=O)Oc3ccccc3)C[C@@H]2C(=O)N1C. The first-order chi connectivity index (χ1) is 12.4. The number of rotatable bonds is 3. The van der Waals surface area contributed by atoms with E-state index in [0.717, 1.165) is 0 Å². The van der Waals surface area contributed by atoms with Gasteiger partial charge in [0.05, 0.1) is 6.54 Å². The van der Waals surface area contributed by atoms with Crippen LogP contribution in [0.25, 0.3) is 0 Å². The summed E-state index contributed by atoms with van der Waals surface area (Å²) >= 11 is 0. The van der Waals surface area contributed by atoms with Gasteiger partial charge in [0, 0.05) is 20.1 Å². The highest BCUT2D eigenvalue weighted by molar-refractivity contribution is 5.97. The topological polar surface area (TPSA) is 70.2 Å². The molecule has 1 aromatic carbocycles. The zero-order valence-electron chi connectivity index (χ0n) is 15.4. The zero-order chi connectivity index (χ0) is 18.8. The number of piperazine rings is 2. The van der Waals surface area contributed by atoms with Gasteiger partial charge in [0.1, 0.15) is 17.8 Å². The predicted octanol–water partition coefficient (Wildman–Crippen LogP) is 1.58. The van der Waals surface area contributed by atoms with E-state index in [1.165, 1.54) is 9.80 Å². The lowest BCUT2D eigenvalue weighted by molar-refractivity contribution is -0.163. The highest BCUT2D eigenvalue weighted by Crippen LogP contribution is 2.25. The van der Waals surface area contributed by atoms with E-state index in [-0.39, 0.29) is 18.4 Å². The number of ether oxygens (including phenoxy) is 1. The van der Waals surface area contributed by atoms with Crippen LogP contribution in [0.5, 0.6) is 5.75 Å². The molecule has 2 aliphatic heterocycles. The maximum absolute atomic E-state index is 12.8. The lowest BCUT2D eigenvalue weighted by Gasteiger charge is -2.48. The molecule has 2 atom stereocenters. The minimum absolute atomic E-state index is 0.0260. The molecule has 0 aromatic heterocycles. The fourth-order valence-corrected chi connectivity index (χ4v) is 3.53. The third kappa shape index (κ3) is 3.52. The van der Waals surface area contributed by atoms with Gasteiger partial charge in [-0.3, -0.25) is 9.59 Å². The Bertz CT molecular complexity index is 691. The summed E-state index contributed by atoms with van der Waals surface area (Å²) in [7, 11) is 1.67. The van der Waals surface area contributed by atoms with Crippen molar-refractivity contribution < 1.29 is 19.1 Å². The first kappa shape index (κ1) is 18.2. The largest absolute Gasteiger partial charge is 0.415 e.